The van der Waals surface area contributed by atoms with Crippen molar-refractivity contribution >= 4 is 5.97 Å². The summed E-state index contributed by atoms with van der Waals surface area (Å²) < 4.78 is 0. The minimum atomic E-state index is -0.833. The van der Waals surface area contributed by atoms with Crippen molar-refractivity contribution in [2.45, 2.75) is 64.5 Å². The van der Waals surface area contributed by atoms with E-state index in [9.17, 15) is 9.90 Å². The van der Waals surface area contributed by atoms with Crippen molar-refractivity contribution in [3.05, 3.63) is 0 Å². The molecule has 0 amide bonds. The third-order valence-electron chi connectivity index (χ3n) is 2.66. The molecule has 0 heterocycles. The first-order chi connectivity index (χ1) is 7.43. The van der Waals surface area contributed by atoms with Gasteiger partial charge in [0, 0.05) is 6.54 Å². The van der Waals surface area contributed by atoms with Gasteiger partial charge in [-0.3, -0.25) is 4.79 Å². The molecule has 4 heteroatoms. The summed E-state index contributed by atoms with van der Waals surface area (Å²) >= 11 is 0. The number of carboxylic acid groups (broad SMARTS) is 1. The predicted octanol–water partition coefficient (Wildman–Crippen LogP) is 1.77. The summed E-state index contributed by atoms with van der Waals surface area (Å²) in [7, 11) is 0. The molecule has 96 valence electrons. The van der Waals surface area contributed by atoms with E-state index in [1.165, 1.54) is 0 Å². The lowest BCUT2D eigenvalue weighted by Crippen LogP contribution is -2.45. The first-order valence-corrected chi connectivity index (χ1v) is 6.11. The Labute approximate surface area is 98.1 Å². The molecule has 0 radical (unpaired) electrons. The van der Waals surface area contributed by atoms with E-state index in [2.05, 4.69) is 5.32 Å². The second-order valence-corrected chi connectivity index (χ2v) is 4.66. The van der Waals surface area contributed by atoms with Crippen molar-refractivity contribution in [3.63, 3.8) is 0 Å². The van der Waals surface area contributed by atoms with Crippen LogP contribution in [0, 0.1) is 0 Å². The number of aliphatic hydroxyl groups is 1. The van der Waals surface area contributed by atoms with E-state index in [4.69, 9.17) is 5.11 Å². The standard InChI is InChI=1S/C12H25NO3/c1-4-6-7-10(11(14)15)13-9-12(3,16)8-5-2/h10,13,16H,4-9H2,1-3H3,(H,14,15). The maximum Gasteiger partial charge on any atom is 0.320 e. The summed E-state index contributed by atoms with van der Waals surface area (Å²) in [4.78, 5) is 10.9. The fraction of sp³-hybridized carbons (Fsp3) is 0.917. The first-order valence-electron chi connectivity index (χ1n) is 6.11. The summed E-state index contributed by atoms with van der Waals surface area (Å²) in [5.41, 5.74) is -0.811. The molecule has 0 aliphatic rings. The summed E-state index contributed by atoms with van der Waals surface area (Å²) in [6, 6.07) is -0.539. The third kappa shape index (κ3) is 6.80. The quantitative estimate of drug-likeness (QED) is 0.565. The molecule has 16 heavy (non-hydrogen) atoms. The fourth-order valence-corrected chi connectivity index (χ4v) is 1.69. The van der Waals surface area contributed by atoms with Gasteiger partial charge >= 0.3 is 5.97 Å². The van der Waals surface area contributed by atoms with E-state index in [0.717, 1.165) is 19.3 Å². The summed E-state index contributed by atoms with van der Waals surface area (Å²) in [5.74, 6) is -0.833. The van der Waals surface area contributed by atoms with Gasteiger partial charge in [0.1, 0.15) is 6.04 Å². The predicted molar refractivity (Wildman–Crippen MR) is 64.5 cm³/mol. The van der Waals surface area contributed by atoms with Crippen LogP contribution in [0.25, 0.3) is 0 Å². The molecular formula is C12H25NO3. The molecular weight excluding hydrogens is 206 g/mol. The Kier molecular flexibility index (Phi) is 7.34. The van der Waals surface area contributed by atoms with Crippen LogP contribution in [0.2, 0.25) is 0 Å². The number of carboxylic acids is 1. The maximum atomic E-state index is 10.9. The molecule has 0 spiro atoms. The van der Waals surface area contributed by atoms with E-state index in [1.54, 1.807) is 6.92 Å². The van der Waals surface area contributed by atoms with Crippen LogP contribution in [0.3, 0.4) is 0 Å². The Hall–Kier alpha value is -0.610. The van der Waals surface area contributed by atoms with Crippen molar-refractivity contribution < 1.29 is 15.0 Å². The van der Waals surface area contributed by atoms with E-state index in [1.807, 2.05) is 13.8 Å². The zero-order valence-corrected chi connectivity index (χ0v) is 10.6. The second kappa shape index (κ2) is 7.63. The smallest absolute Gasteiger partial charge is 0.320 e. The lowest BCUT2D eigenvalue weighted by Gasteiger charge is -2.25. The molecule has 0 saturated heterocycles. The maximum absolute atomic E-state index is 10.9. The van der Waals surface area contributed by atoms with Gasteiger partial charge in [0.25, 0.3) is 0 Å². The molecule has 0 bridgehead atoms. The van der Waals surface area contributed by atoms with Gasteiger partial charge in [-0.25, -0.2) is 0 Å². The topological polar surface area (TPSA) is 69.6 Å². The average molecular weight is 231 g/mol. The average Bonchev–Trinajstić information content (AvgIpc) is 2.17. The Bertz CT molecular complexity index is 204. The Morgan fingerprint density at radius 1 is 1.38 bits per heavy atom. The van der Waals surface area contributed by atoms with Gasteiger partial charge in [-0.2, -0.15) is 0 Å². The number of hydrogen-bond acceptors (Lipinski definition) is 3. The minimum Gasteiger partial charge on any atom is -0.480 e. The van der Waals surface area contributed by atoms with Crippen LogP contribution in [0.1, 0.15) is 52.9 Å². The van der Waals surface area contributed by atoms with Gasteiger partial charge in [-0.05, 0) is 19.8 Å². The van der Waals surface area contributed by atoms with Gasteiger partial charge in [0.05, 0.1) is 5.60 Å². The lowest BCUT2D eigenvalue weighted by atomic mass is 10.00. The second-order valence-electron chi connectivity index (χ2n) is 4.66. The molecule has 0 aliphatic carbocycles. The molecule has 0 aliphatic heterocycles. The highest BCUT2D eigenvalue weighted by molar-refractivity contribution is 5.73. The summed E-state index contributed by atoms with van der Waals surface area (Å²) in [5, 5.41) is 21.8. The molecule has 0 rings (SSSR count). The van der Waals surface area contributed by atoms with Crippen LogP contribution in [0.15, 0.2) is 0 Å². The zero-order valence-electron chi connectivity index (χ0n) is 10.6. The number of unbranched alkanes of at least 4 members (excludes halogenated alkanes) is 1. The van der Waals surface area contributed by atoms with Gasteiger partial charge in [0.2, 0.25) is 0 Å². The van der Waals surface area contributed by atoms with Crippen molar-refractivity contribution in [1.29, 1.82) is 0 Å². The number of carbonyl (C=O) groups is 1. The minimum absolute atomic E-state index is 0.335. The van der Waals surface area contributed by atoms with Gasteiger partial charge < -0.3 is 15.5 Å². The van der Waals surface area contributed by atoms with E-state index >= 15 is 0 Å². The summed E-state index contributed by atoms with van der Waals surface area (Å²) in [6.45, 7) is 6.11. The molecule has 0 saturated carbocycles. The summed E-state index contributed by atoms with van der Waals surface area (Å²) in [6.07, 6.45) is 4.06. The number of aliphatic carboxylic acids is 1. The van der Waals surface area contributed by atoms with Crippen molar-refractivity contribution in [2.24, 2.45) is 0 Å². The Morgan fingerprint density at radius 2 is 2.00 bits per heavy atom. The molecule has 3 N–H and O–H groups in total. The lowest BCUT2D eigenvalue weighted by molar-refractivity contribution is -0.140. The van der Waals surface area contributed by atoms with Crippen LogP contribution in [-0.2, 0) is 4.79 Å². The van der Waals surface area contributed by atoms with Crippen molar-refractivity contribution in [2.75, 3.05) is 6.54 Å². The highest BCUT2D eigenvalue weighted by Gasteiger charge is 2.23. The third-order valence-corrected chi connectivity index (χ3v) is 2.66. The van der Waals surface area contributed by atoms with Crippen LogP contribution in [0.5, 0.6) is 0 Å². The van der Waals surface area contributed by atoms with Gasteiger partial charge in [0.15, 0.2) is 0 Å². The Balaban J connectivity index is 4.05. The number of nitrogens with one attached hydrogen (secondary N) is 1. The van der Waals surface area contributed by atoms with Gasteiger partial charge in [-0.15, -0.1) is 0 Å². The normalized spacial score (nSPS) is 16.8. The van der Waals surface area contributed by atoms with Crippen molar-refractivity contribution in [3.8, 4) is 0 Å². The Morgan fingerprint density at radius 3 is 2.44 bits per heavy atom. The van der Waals surface area contributed by atoms with E-state index < -0.39 is 17.6 Å². The van der Waals surface area contributed by atoms with E-state index in [-0.39, 0.29) is 0 Å². The highest BCUT2D eigenvalue weighted by Crippen LogP contribution is 2.11. The van der Waals surface area contributed by atoms with Gasteiger partial charge in [-0.1, -0.05) is 33.1 Å². The van der Waals surface area contributed by atoms with Crippen LogP contribution in [0.4, 0.5) is 0 Å². The fourth-order valence-electron chi connectivity index (χ4n) is 1.69. The first kappa shape index (κ1) is 15.4. The zero-order chi connectivity index (χ0) is 12.6. The van der Waals surface area contributed by atoms with Crippen LogP contribution in [-0.4, -0.2) is 34.4 Å². The van der Waals surface area contributed by atoms with Crippen LogP contribution < -0.4 is 5.32 Å². The molecule has 2 unspecified atom stereocenters. The number of hydrogen-bond donors (Lipinski definition) is 3. The SMILES string of the molecule is CCCCC(NCC(C)(O)CCC)C(=O)O. The molecule has 0 fully saturated rings. The largest absolute Gasteiger partial charge is 0.480 e. The molecule has 0 aromatic carbocycles. The highest BCUT2D eigenvalue weighted by atomic mass is 16.4. The monoisotopic (exact) mass is 231 g/mol. The van der Waals surface area contributed by atoms with Crippen molar-refractivity contribution in [1.82, 2.24) is 5.32 Å². The molecule has 2 atom stereocenters. The van der Waals surface area contributed by atoms with E-state index in [0.29, 0.717) is 19.4 Å². The molecule has 0 aromatic heterocycles. The molecule has 0 aromatic rings. The van der Waals surface area contributed by atoms with Crippen LogP contribution >= 0.6 is 0 Å². The number of rotatable bonds is 9. The molecule has 4 nitrogen and oxygen atoms in total.